The van der Waals surface area contributed by atoms with E-state index in [-0.39, 0.29) is 6.10 Å². The number of carbonyl (C=O) groups is 2. The average molecular weight is 286 g/mol. The van der Waals surface area contributed by atoms with Crippen molar-refractivity contribution in [2.45, 2.75) is 64.0 Å². The molecular formula is C14H26N2O4. The number of rotatable bonds is 7. The van der Waals surface area contributed by atoms with Gasteiger partial charge in [0, 0.05) is 13.2 Å². The Morgan fingerprint density at radius 2 is 2.00 bits per heavy atom. The lowest BCUT2D eigenvalue weighted by molar-refractivity contribution is -0.144. The van der Waals surface area contributed by atoms with Gasteiger partial charge in [0.25, 0.3) is 0 Å². The Balaban J connectivity index is 2.32. The van der Waals surface area contributed by atoms with E-state index >= 15 is 0 Å². The van der Waals surface area contributed by atoms with Gasteiger partial charge in [0.1, 0.15) is 5.54 Å². The Morgan fingerprint density at radius 3 is 2.50 bits per heavy atom. The van der Waals surface area contributed by atoms with Crippen molar-refractivity contribution in [3.8, 4) is 0 Å². The van der Waals surface area contributed by atoms with E-state index in [1.165, 1.54) is 6.42 Å². The molecule has 0 spiro atoms. The molecule has 0 bridgehead atoms. The molecule has 1 heterocycles. The molecule has 20 heavy (non-hydrogen) atoms. The lowest BCUT2D eigenvalue weighted by Crippen LogP contribution is -2.56. The van der Waals surface area contributed by atoms with Crippen LogP contribution in [0.2, 0.25) is 0 Å². The quantitative estimate of drug-likeness (QED) is 0.667. The van der Waals surface area contributed by atoms with Crippen LogP contribution in [0, 0.1) is 0 Å². The summed E-state index contributed by atoms with van der Waals surface area (Å²) in [5.74, 6) is -0.992. The Morgan fingerprint density at radius 1 is 1.30 bits per heavy atom. The lowest BCUT2D eigenvalue weighted by Gasteiger charge is -2.28. The van der Waals surface area contributed by atoms with Crippen LogP contribution >= 0.6 is 0 Å². The van der Waals surface area contributed by atoms with E-state index in [1.807, 2.05) is 0 Å². The Labute approximate surface area is 120 Å². The van der Waals surface area contributed by atoms with Crippen molar-refractivity contribution in [2.75, 3.05) is 13.2 Å². The molecule has 1 aliphatic rings. The van der Waals surface area contributed by atoms with Crippen molar-refractivity contribution >= 4 is 12.0 Å². The summed E-state index contributed by atoms with van der Waals surface area (Å²) in [6.45, 7) is 4.81. The Kier molecular flexibility index (Phi) is 6.78. The van der Waals surface area contributed by atoms with Gasteiger partial charge in [0.2, 0.25) is 0 Å². The predicted octanol–water partition coefficient (Wildman–Crippen LogP) is 1.89. The molecule has 0 aromatic carbocycles. The summed E-state index contributed by atoms with van der Waals surface area (Å²) in [5, 5.41) is 14.5. The molecule has 1 unspecified atom stereocenters. The molecule has 0 aromatic heterocycles. The highest BCUT2D eigenvalue weighted by Gasteiger charge is 2.36. The van der Waals surface area contributed by atoms with Gasteiger partial charge in [0.05, 0.1) is 6.10 Å². The van der Waals surface area contributed by atoms with Gasteiger partial charge in [-0.1, -0.05) is 13.8 Å². The topological polar surface area (TPSA) is 87.7 Å². The monoisotopic (exact) mass is 286 g/mol. The first kappa shape index (κ1) is 16.8. The van der Waals surface area contributed by atoms with Crippen molar-refractivity contribution in [3.05, 3.63) is 0 Å². The van der Waals surface area contributed by atoms with E-state index in [9.17, 15) is 14.7 Å². The number of urea groups is 1. The molecule has 1 fully saturated rings. The van der Waals surface area contributed by atoms with Gasteiger partial charge in [0.15, 0.2) is 0 Å². The van der Waals surface area contributed by atoms with Crippen LogP contribution in [0.5, 0.6) is 0 Å². The van der Waals surface area contributed by atoms with Crippen LogP contribution in [0.3, 0.4) is 0 Å². The van der Waals surface area contributed by atoms with Crippen molar-refractivity contribution in [1.82, 2.24) is 10.6 Å². The van der Waals surface area contributed by atoms with Crippen LogP contribution in [0.15, 0.2) is 0 Å². The van der Waals surface area contributed by atoms with E-state index in [4.69, 9.17) is 4.74 Å². The van der Waals surface area contributed by atoms with Crippen LogP contribution in [-0.4, -0.2) is 41.9 Å². The zero-order valence-electron chi connectivity index (χ0n) is 12.4. The summed E-state index contributed by atoms with van der Waals surface area (Å²) >= 11 is 0. The van der Waals surface area contributed by atoms with E-state index in [2.05, 4.69) is 10.6 Å². The van der Waals surface area contributed by atoms with Crippen molar-refractivity contribution in [2.24, 2.45) is 0 Å². The van der Waals surface area contributed by atoms with E-state index in [1.54, 1.807) is 13.8 Å². The minimum atomic E-state index is -1.18. The normalized spacial score (nSPS) is 19.4. The minimum absolute atomic E-state index is 0.214. The van der Waals surface area contributed by atoms with Crippen molar-refractivity contribution < 1.29 is 19.4 Å². The highest BCUT2D eigenvalue weighted by Crippen LogP contribution is 2.16. The number of carboxylic acid groups (broad SMARTS) is 1. The second-order valence-electron chi connectivity index (χ2n) is 5.25. The highest BCUT2D eigenvalue weighted by atomic mass is 16.5. The molecule has 6 nitrogen and oxygen atoms in total. The second-order valence-corrected chi connectivity index (χ2v) is 5.25. The Bertz CT molecular complexity index is 323. The average Bonchev–Trinajstić information content (AvgIpc) is 2.45. The van der Waals surface area contributed by atoms with Gasteiger partial charge in [-0.25, -0.2) is 9.59 Å². The lowest BCUT2D eigenvalue weighted by atomic mass is 9.93. The number of amides is 2. The second kappa shape index (κ2) is 8.09. The number of carbonyl (C=O) groups excluding carboxylic acids is 1. The van der Waals surface area contributed by atoms with Crippen molar-refractivity contribution in [1.29, 1.82) is 0 Å². The largest absolute Gasteiger partial charge is 0.480 e. The number of nitrogens with one attached hydrogen (secondary N) is 2. The van der Waals surface area contributed by atoms with Crippen molar-refractivity contribution in [3.63, 3.8) is 0 Å². The summed E-state index contributed by atoms with van der Waals surface area (Å²) < 4.78 is 5.58. The Hall–Kier alpha value is -1.30. The van der Waals surface area contributed by atoms with Crippen LogP contribution in [0.4, 0.5) is 4.79 Å². The first-order valence-corrected chi connectivity index (χ1v) is 7.45. The van der Waals surface area contributed by atoms with Gasteiger partial charge in [-0.15, -0.1) is 0 Å². The molecule has 1 aliphatic heterocycles. The van der Waals surface area contributed by atoms with Gasteiger partial charge >= 0.3 is 12.0 Å². The maximum atomic E-state index is 11.8. The number of hydrogen-bond acceptors (Lipinski definition) is 3. The van der Waals surface area contributed by atoms with Gasteiger partial charge < -0.3 is 20.5 Å². The summed E-state index contributed by atoms with van der Waals surface area (Å²) in [5.41, 5.74) is -1.18. The minimum Gasteiger partial charge on any atom is -0.480 e. The SMILES string of the molecule is CCC(CC)(NC(=O)NCCC1CCCCO1)C(=O)O. The third kappa shape index (κ3) is 4.67. The number of aliphatic carboxylic acids is 1. The zero-order valence-corrected chi connectivity index (χ0v) is 12.4. The maximum absolute atomic E-state index is 11.8. The molecule has 6 heteroatoms. The molecule has 1 rings (SSSR count). The molecule has 3 N–H and O–H groups in total. The summed E-state index contributed by atoms with van der Waals surface area (Å²) in [4.78, 5) is 23.1. The maximum Gasteiger partial charge on any atom is 0.329 e. The number of hydrogen-bond donors (Lipinski definition) is 3. The first-order valence-electron chi connectivity index (χ1n) is 7.45. The van der Waals surface area contributed by atoms with Gasteiger partial charge in [-0.3, -0.25) is 0 Å². The third-order valence-corrected chi connectivity index (χ3v) is 4.00. The standard InChI is InChI=1S/C14H26N2O4/c1-3-14(4-2,12(17)18)16-13(19)15-9-8-11-7-5-6-10-20-11/h11H,3-10H2,1-2H3,(H,17,18)(H2,15,16,19). The third-order valence-electron chi connectivity index (χ3n) is 4.00. The van der Waals surface area contributed by atoms with E-state index in [0.29, 0.717) is 19.4 Å². The van der Waals surface area contributed by atoms with E-state index in [0.717, 1.165) is 25.9 Å². The zero-order chi connectivity index (χ0) is 15.0. The smallest absolute Gasteiger partial charge is 0.329 e. The fraction of sp³-hybridized carbons (Fsp3) is 0.857. The number of ether oxygens (including phenoxy) is 1. The summed E-state index contributed by atoms with van der Waals surface area (Å²) in [7, 11) is 0. The fourth-order valence-electron chi connectivity index (χ4n) is 2.43. The first-order chi connectivity index (χ1) is 9.54. The van der Waals surface area contributed by atoms with Gasteiger partial charge in [-0.2, -0.15) is 0 Å². The van der Waals surface area contributed by atoms with Crippen LogP contribution in [0.25, 0.3) is 0 Å². The molecule has 1 saturated heterocycles. The van der Waals surface area contributed by atoms with E-state index < -0.39 is 17.5 Å². The summed E-state index contributed by atoms with van der Waals surface area (Å²) in [6, 6.07) is -0.424. The summed E-state index contributed by atoms with van der Waals surface area (Å²) in [6.07, 6.45) is 5.02. The molecule has 0 saturated carbocycles. The number of carboxylic acids is 1. The molecular weight excluding hydrogens is 260 g/mol. The molecule has 1 atom stereocenters. The fourth-order valence-corrected chi connectivity index (χ4v) is 2.43. The predicted molar refractivity (Wildman–Crippen MR) is 75.7 cm³/mol. The van der Waals surface area contributed by atoms with Gasteiger partial charge in [-0.05, 0) is 38.5 Å². The molecule has 116 valence electrons. The molecule has 0 aromatic rings. The molecule has 2 amide bonds. The van der Waals surface area contributed by atoms with Crippen LogP contribution in [0.1, 0.15) is 52.4 Å². The van der Waals surface area contributed by atoms with Crippen LogP contribution in [-0.2, 0) is 9.53 Å². The van der Waals surface area contributed by atoms with Crippen LogP contribution < -0.4 is 10.6 Å². The molecule has 0 radical (unpaired) electrons. The molecule has 0 aliphatic carbocycles. The highest BCUT2D eigenvalue weighted by molar-refractivity contribution is 5.86.